The van der Waals surface area contributed by atoms with E-state index in [9.17, 15) is 9.90 Å². The molecule has 0 radical (unpaired) electrons. The van der Waals surface area contributed by atoms with Crippen LogP contribution in [0.3, 0.4) is 0 Å². The number of aromatic hydroxyl groups is 1. The summed E-state index contributed by atoms with van der Waals surface area (Å²) in [7, 11) is 0. The van der Waals surface area contributed by atoms with Crippen LogP contribution in [0.15, 0.2) is 46.3 Å². The third-order valence-corrected chi connectivity index (χ3v) is 4.31. The van der Waals surface area contributed by atoms with Gasteiger partial charge in [-0.25, -0.2) is 10.4 Å². The van der Waals surface area contributed by atoms with Crippen LogP contribution >= 0.6 is 0 Å². The number of rotatable bonds is 6. The molecule has 0 atom stereocenters. The van der Waals surface area contributed by atoms with Gasteiger partial charge < -0.3 is 5.11 Å². The SMILES string of the molecule is CCCCc1c(C)nc(N/N=C/c2c(O)ccc3ccccc23)[nH]c1=O. The van der Waals surface area contributed by atoms with E-state index >= 15 is 0 Å². The lowest BCUT2D eigenvalue weighted by Crippen LogP contribution is -2.18. The summed E-state index contributed by atoms with van der Waals surface area (Å²) in [5.74, 6) is 0.422. The Hall–Kier alpha value is -3.15. The highest BCUT2D eigenvalue weighted by molar-refractivity contribution is 6.02. The van der Waals surface area contributed by atoms with Gasteiger partial charge in [-0.2, -0.15) is 5.10 Å². The molecule has 0 saturated carbocycles. The van der Waals surface area contributed by atoms with Crippen molar-refractivity contribution in [2.75, 3.05) is 5.43 Å². The van der Waals surface area contributed by atoms with Crippen molar-refractivity contribution in [3.63, 3.8) is 0 Å². The van der Waals surface area contributed by atoms with E-state index in [1.165, 1.54) is 6.21 Å². The number of aromatic nitrogens is 2. The van der Waals surface area contributed by atoms with E-state index in [1.807, 2.05) is 37.3 Å². The Balaban J connectivity index is 1.84. The van der Waals surface area contributed by atoms with Crippen molar-refractivity contribution in [1.29, 1.82) is 0 Å². The molecule has 3 N–H and O–H groups in total. The first-order valence-electron chi connectivity index (χ1n) is 8.69. The second-order valence-corrected chi connectivity index (χ2v) is 6.17. The smallest absolute Gasteiger partial charge is 0.255 e. The summed E-state index contributed by atoms with van der Waals surface area (Å²) in [5, 5.41) is 16.2. The second kappa shape index (κ2) is 7.82. The number of phenols is 1. The molecule has 6 nitrogen and oxygen atoms in total. The fourth-order valence-electron chi connectivity index (χ4n) is 2.89. The van der Waals surface area contributed by atoms with Crippen LogP contribution in [0.1, 0.15) is 36.6 Å². The monoisotopic (exact) mass is 350 g/mol. The molecule has 0 bridgehead atoms. The van der Waals surface area contributed by atoms with Gasteiger partial charge in [0.15, 0.2) is 0 Å². The van der Waals surface area contributed by atoms with Gasteiger partial charge in [0.25, 0.3) is 5.56 Å². The van der Waals surface area contributed by atoms with Gasteiger partial charge in [-0.05, 0) is 36.6 Å². The van der Waals surface area contributed by atoms with Crippen molar-refractivity contribution in [2.45, 2.75) is 33.1 Å². The average Bonchev–Trinajstić information content (AvgIpc) is 2.63. The van der Waals surface area contributed by atoms with E-state index in [2.05, 4.69) is 27.4 Å². The number of unbranched alkanes of at least 4 members (excludes halogenated alkanes) is 1. The number of aromatic amines is 1. The van der Waals surface area contributed by atoms with E-state index < -0.39 is 0 Å². The summed E-state index contributed by atoms with van der Waals surface area (Å²) in [6, 6.07) is 11.2. The summed E-state index contributed by atoms with van der Waals surface area (Å²) in [6.45, 7) is 3.91. The Labute approximate surface area is 151 Å². The topological polar surface area (TPSA) is 90.4 Å². The molecular weight excluding hydrogens is 328 g/mol. The Morgan fingerprint density at radius 1 is 1.27 bits per heavy atom. The van der Waals surface area contributed by atoms with E-state index in [1.54, 1.807) is 6.07 Å². The van der Waals surface area contributed by atoms with Gasteiger partial charge in [-0.3, -0.25) is 9.78 Å². The minimum absolute atomic E-state index is 0.141. The van der Waals surface area contributed by atoms with Gasteiger partial charge in [0.05, 0.1) is 6.21 Å². The number of nitrogens with one attached hydrogen (secondary N) is 2. The molecule has 3 rings (SSSR count). The molecule has 0 saturated heterocycles. The molecule has 3 aromatic rings. The van der Waals surface area contributed by atoms with Crippen LogP contribution < -0.4 is 11.0 Å². The number of hydrazone groups is 1. The lowest BCUT2D eigenvalue weighted by Gasteiger charge is -2.07. The maximum atomic E-state index is 12.2. The fraction of sp³-hybridized carbons (Fsp3) is 0.250. The first-order valence-corrected chi connectivity index (χ1v) is 8.69. The van der Waals surface area contributed by atoms with Gasteiger partial charge >= 0.3 is 0 Å². The summed E-state index contributed by atoms with van der Waals surface area (Å²) in [5.41, 5.74) is 4.62. The number of fused-ring (bicyclic) bond motifs is 1. The molecule has 6 heteroatoms. The summed E-state index contributed by atoms with van der Waals surface area (Å²) >= 11 is 0. The van der Waals surface area contributed by atoms with Crippen LogP contribution in [0.4, 0.5) is 5.95 Å². The molecule has 0 unspecified atom stereocenters. The molecule has 0 aliphatic heterocycles. The number of hydrogen-bond donors (Lipinski definition) is 3. The molecule has 1 aromatic heterocycles. The number of hydrogen-bond acceptors (Lipinski definition) is 5. The average molecular weight is 350 g/mol. The highest BCUT2D eigenvalue weighted by Crippen LogP contribution is 2.25. The highest BCUT2D eigenvalue weighted by Gasteiger charge is 2.08. The van der Waals surface area contributed by atoms with Crippen LogP contribution in [0.2, 0.25) is 0 Å². The van der Waals surface area contributed by atoms with Crippen LogP contribution in [-0.4, -0.2) is 21.3 Å². The van der Waals surface area contributed by atoms with E-state index in [0.717, 1.165) is 30.0 Å². The minimum Gasteiger partial charge on any atom is -0.507 e. The predicted octanol–water partition coefficient (Wildman–Crippen LogP) is 3.73. The Morgan fingerprint density at radius 3 is 2.85 bits per heavy atom. The molecule has 0 amide bonds. The van der Waals surface area contributed by atoms with Crippen molar-refractivity contribution in [3.8, 4) is 5.75 Å². The normalized spacial score (nSPS) is 11.3. The van der Waals surface area contributed by atoms with Crippen LogP contribution in [0.5, 0.6) is 5.75 Å². The quantitative estimate of drug-likeness (QED) is 0.467. The number of aryl methyl sites for hydroxylation is 1. The van der Waals surface area contributed by atoms with Crippen molar-refractivity contribution < 1.29 is 5.11 Å². The molecular formula is C20H22N4O2. The minimum atomic E-state index is -0.142. The van der Waals surface area contributed by atoms with Crippen molar-refractivity contribution in [3.05, 3.63) is 63.6 Å². The van der Waals surface area contributed by atoms with Gasteiger partial charge in [-0.15, -0.1) is 0 Å². The molecule has 134 valence electrons. The van der Waals surface area contributed by atoms with Gasteiger partial charge in [0, 0.05) is 16.8 Å². The molecule has 2 aromatic carbocycles. The number of H-pyrrole nitrogens is 1. The molecule has 0 fully saturated rings. The molecule has 0 aliphatic carbocycles. The zero-order chi connectivity index (χ0) is 18.5. The van der Waals surface area contributed by atoms with Crippen LogP contribution in [0, 0.1) is 6.92 Å². The van der Waals surface area contributed by atoms with E-state index in [0.29, 0.717) is 16.8 Å². The molecule has 1 heterocycles. The Morgan fingerprint density at radius 2 is 2.08 bits per heavy atom. The Kier molecular flexibility index (Phi) is 5.31. The van der Waals surface area contributed by atoms with E-state index in [4.69, 9.17) is 0 Å². The van der Waals surface area contributed by atoms with Crippen LogP contribution in [0.25, 0.3) is 10.8 Å². The number of benzene rings is 2. The summed E-state index contributed by atoms with van der Waals surface area (Å²) in [4.78, 5) is 19.3. The molecule has 0 aliphatic rings. The van der Waals surface area contributed by atoms with Crippen molar-refractivity contribution in [1.82, 2.24) is 9.97 Å². The van der Waals surface area contributed by atoms with Gasteiger partial charge in [-0.1, -0.05) is 43.7 Å². The zero-order valence-corrected chi connectivity index (χ0v) is 14.9. The van der Waals surface area contributed by atoms with E-state index in [-0.39, 0.29) is 17.3 Å². The fourth-order valence-corrected chi connectivity index (χ4v) is 2.89. The molecule has 0 spiro atoms. The van der Waals surface area contributed by atoms with Crippen molar-refractivity contribution in [2.24, 2.45) is 5.10 Å². The Bertz CT molecular complexity index is 1010. The number of phenolic OH excluding ortho intramolecular Hbond substituents is 1. The summed E-state index contributed by atoms with van der Waals surface area (Å²) in [6.07, 6.45) is 4.23. The lowest BCUT2D eigenvalue weighted by molar-refractivity contribution is 0.475. The first kappa shape index (κ1) is 17.7. The zero-order valence-electron chi connectivity index (χ0n) is 14.9. The summed E-state index contributed by atoms with van der Waals surface area (Å²) < 4.78 is 0. The third-order valence-electron chi connectivity index (χ3n) is 4.31. The van der Waals surface area contributed by atoms with Crippen LogP contribution in [-0.2, 0) is 6.42 Å². The number of nitrogens with zero attached hydrogens (tertiary/aromatic N) is 2. The third kappa shape index (κ3) is 3.74. The van der Waals surface area contributed by atoms with Gasteiger partial charge in [0.2, 0.25) is 5.95 Å². The van der Waals surface area contributed by atoms with Crippen molar-refractivity contribution >= 4 is 22.9 Å². The second-order valence-electron chi connectivity index (χ2n) is 6.17. The standard InChI is InChI=1S/C20H22N4O2/c1-3-4-8-15-13(2)22-20(23-19(15)26)24-21-12-17-16-9-6-5-7-14(16)10-11-18(17)25/h5-7,9-12,25H,3-4,8H2,1-2H3,(H2,22,23,24,26)/b21-12+. The first-order chi connectivity index (χ1) is 12.6. The maximum absolute atomic E-state index is 12.2. The lowest BCUT2D eigenvalue weighted by atomic mass is 10.0. The van der Waals surface area contributed by atoms with Gasteiger partial charge in [0.1, 0.15) is 5.75 Å². The molecule has 26 heavy (non-hydrogen) atoms. The number of anilines is 1. The largest absolute Gasteiger partial charge is 0.507 e. The highest BCUT2D eigenvalue weighted by atomic mass is 16.3. The maximum Gasteiger partial charge on any atom is 0.255 e. The predicted molar refractivity (Wildman–Crippen MR) is 105 cm³/mol.